The molecule has 45 heavy (non-hydrogen) atoms. The minimum atomic E-state index is -3.00. The van der Waals surface area contributed by atoms with Gasteiger partial charge >= 0.3 is 5.69 Å². The number of nitrogens with one attached hydrogen (secondary N) is 1. The summed E-state index contributed by atoms with van der Waals surface area (Å²) < 4.78 is 58.2. The minimum Gasteiger partial charge on any atom is -0.363 e. The van der Waals surface area contributed by atoms with Crippen LogP contribution in [0.4, 0.5) is 14.6 Å². The lowest BCUT2D eigenvalue weighted by atomic mass is 9.77. The molecular weight excluding hydrogens is 594 g/mol. The summed E-state index contributed by atoms with van der Waals surface area (Å²) in [5.74, 6) is -2.83. The first kappa shape index (κ1) is 32.1. The molecule has 0 radical (unpaired) electrons. The molecule has 1 aromatic heterocycles. The van der Waals surface area contributed by atoms with Gasteiger partial charge in [-0.1, -0.05) is 37.1 Å². The number of sulfone groups is 1. The van der Waals surface area contributed by atoms with E-state index in [0.29, 0.717) is 50.2 Å². The second-order valence-electron chi connectivity index (χ2n) is 14.1. The molecule has 2 fully saturated rings. The van der Waals surface area contributed by atoms with E-state index in [9.17, 15) is 13.2 Å². The fourth-order valence-electron chi connectivity index (χ4n) is 7.74. The topological polar surface area (TPSA) is 84.3 Å². The Morgan fingerprint density at radius 3 is 2.38 bits per heavy atom. The average molecular weight is 641 g/mol. The summed E-state index contributed by atoms with van der Waals surface area (Å²) in [6.07, 6.45) is 5.84. The molecule has 2 unspecified atom stereocenters. The van der Waals surface area contributed by atoms with Gasteiger partial charge in [0.1, 0.15) is 15.7 Å². The number of benzene rings is 2. The molecule has 3 atom stereocenters. The van der Waals surface area contributed by atoms with Gasteiger partial charge in [0.05, 0.1) is 17.0 Å². The van der Waals surface area contributed by atoms with Gasteiger partial charge in [-0.15, -0.1) is 0 Å². The van der Waals surface area contributed by atoms with Crippen LogP contribution in [-0.2, 0) is 22.3 Å². The van der Waals surface area contributed by atoms with Gasteiger partial charge in [-0.2, -0.15) is 4.98 Å². The number of nitrogens with zero attached hydrogens (tertiary/aromatic N) is 3. The van der Waals surface area contributed by atoms with E-state index >= 15 is 8.78 Å². The Bertz CT molecular complexity index is 1710. The molecule has 9 rings (SSSR count). The largest absolute Gasteiger partial charge is 0.363 e. The van der Waals surface area contributed by atoms with Crippen LogP contribution in [0.1, 0.15) is 101 Å². The highest BCUT2D eigenvalue weighted by Crippen LogP contribution is 2.46. The summed E-state index contributed by atoms with van der Waals surface area (Å²) in [7, 11) is -3.00. The molecule has 3 aromatic rings. The highest BCUT2D eigenvalue weighted by molar-refractivity contribution is 7.91. The van der Waals surface area contributed by atoms with Crippen LogP contribution in [0.25, 0.3) is 10.9 Å². The van der Waals surface area contributed by atoms with E-state index in [-0.39, 0.29) is 40.3 Å². The zero-order valence-corrected chi connectivity index (χ0v) is 27.5. The molecule has 10 heteroatoms. The lowest BCUT2D eigenvalue weighted by Crippen LogP contribution is -2.52. The van der Waals surface area contributed by atoms with Gasteiger partial charge in [-0.25, -0.2) is 22.0 Å². The summed E-state index contributed by atoms with van der Waals surface area (Å²) in [6, 6.07) is 12.3. The van der Waals surface area contributed by atoms with E-state index in [0.717, 1.165) is 48.7 Å². The Morgan fingerprint density at radius 2 is 1.64 bits per heavy atom. The van der Waals surface area contributed by atoms with Crippen LogP contribution in [0.15, 0.2) is 47.3 Å². The second-order valence-corrected chi connectivity index (χ2v) is 16.4. The number of aromatic nitrogens is 2. The molecule has 2 saturated heterocycles. The van der Waals surface area contributed by atoms with Gasteiger partial charge in [0.25, 0.3) is 5.92 Å². The van der Waals surface area contributed by atoms with Crippen molar-refractivity contribution in [2.24, 2.45) is 5.92 Å². The van der Waals surface area contributed by atoms with E-state index in [1.54, 1.807) is 16.7 Å². The van der Waals surface area contributed by atoms with Crippen molar-refractivity contribution in [2.75, 3.05) is 29.9 Å². The van der Waals surface area contributed by atoms with Gasteiger partial charge in [-0.3, -0.25) is 9.47 Å². The van der Waals surface area contributed by atoms with Gasteiger partial charge in [-0.05, 0) is 108 Å². The van der Waals surface area contributed by atoms with Gasteiger partial charge < -0.3 is 5.32 Å². The first-order chi connectivity index (χ1) is 21.3. The number of alkyl halides is 2. The van der Waals surface area contributed by atoms with Crippen molar-refractivity contribution in [3.63, 3.8) is 0 Å². The Balaban J connectivity index is 1.39. The lowest BCUT2D eigenvalue weighted by molar-refractivity contribution is -0.109. The number of hydrogen-bond donors (Lipinski definition) is 1. The molecule has 6 bridgehead atoms. The molecule has 2 aromatic carbocycles. The van der Waals surface area contributed by atoms with Crippen molar-refractivity contribution < 1.29 is 17.2 Å². The highest BCUT2D eigenvalue weighted by Gasteiger charge is 2.47. The van der Waals surface area contributed by atoms with Crippen LogP contribution < -0.4 is 11.0 Å². The summed E-state index contributed by atoms with van der Waals surface area (Å²) in [5.41, 5.74) is 1.89. The predicted molar refractivity (Wildman–Crippen MR) is 176 cm³/mol. The van der Waals surface area contributed by atoms with Crippen molar-refractivity contribution in [1.82, 2.24) is 14.5 Å². The third kappa shape index (κ3) is 6.68. The number of anilines is 1. The van der Waals surface area contributed by atoms with Crippen LogP contribution in [0.5, 0.6) is 0 Å². The molecule has 0 spiro atoms. The van der Waals surface area contributed by atoms with E-state index in [2.05, 4.69) is 29.0 Å². The van der Waals surface area contributed by atoms with Crippen molar-refractivity contribution in [1.29, 1.82) is 0 Å². The highest BCUT2D eigenvalue weighted by atomic mass is 32.2. The van der Waals surface area contributed by atoms with Crippen LogP contribution in [0.2, 0.25) is 0 Å². The fraction of sp³-hybridized carbons (Fsp3) is 0.600. The third-order valence-corrected chi connectivity index (χ3v) is 12.3. The lowest BCUT2D eigenvalue weighted by Gasteiger charge is -2.47. The fourth-order valence-corrected chi connectivity index (χ4v) is 9.23. The Hall–Kier alpha value is -2.85. The van der Waals surface area contributed by atoms with Gasteiger partial charge in [0, 0.05) is 35.0 Å². The molecule has 0 aliphatic carbocycles. The number of piperidine rings is 1. The van der Waals surface area contributed by atoms with Gasteiger partial charge in [0.2, 0.25) is 0 Å². The van der Waals surface area contributed by atoms with E-state index in [4.69, 9.17) is 0 Å². The maximum atomic E-state index is 16.1. The zero-order valence-electron chi connectivity index (χ0n) is 26.7. The third-order valence-electron chi connectivity index (χ3n) is 10.6. The first-order valence-electron chi connectivity index (χ1n) is 16.6. The quantitative estimate of drug-likeness (QED) is 0.308. The molecule has 1 N–H and O–H groups in total. The van der Waals surface area contributed by atoms with Gasteiger partial charge in [0.15, 0.2) is 0 Å². The van der Waals surface area contributed by atoms with Crippen LogP contribution in [0, 0.1) is 5.92 Å². The zero-order chi connectivity index (χ0) is 32.0. The Labute approximate surface area is 265 Å². The van der Waals surface area contributed by atoms with Crippen LogP contribution in [0.3, 0.4) is 0 Å². The summed E-state index contributed by atoms with van der Waals surface area (Å²) in [4.78, 5) is 20.3. The van der Waals surface area contributed by atoms with Crippen molar-refractivity contribution in [3.8, 4) is 0 Å². The van der Waals surface area contributed by atoms with E-state index in [1.165, 1.54) is 6.07 Å². The smallest absolute Gasteiger partial charge is 0.350 e. The van der Waals surface area contributed by atoms with Crippen molar-refractivity contribution >= 4 is 26.6 Å². The van der Waals surface area contributed by atoms with E-state index in [1.807, 2.05) is 31.2 Å². The average Bonchev–Trinajstić information content (AvgIpc) is 3.00. The number of hydrogen-bond acceptors (Lipinski definition) is 6. The first-order valence-corrected chi connectivity index (χ1v) is 18.4. The maximum Gasteiger partial charge on any atom is 0.350 e. The normalized spacial score (nSPS) is 27.2. The van der Waals surface area contributed by atoms with Crippen molar-refractivity contribution in [2.45, 2.75) is 102 Å². The number of halogens is 2. The predicted octanol–water partition coefficient (Wildman–Crippen LogP) is 7.02. The molecule has 7 heterocycles. The molecule has 0 saturated carbocycles. The molecule has 7 nitrogen and oxygen atoms in total. The molecule has 6 aliphatic rings. The minimum absolute atomic E-state index is 0.0278. The molecule has 0 amide bonds. The van der Waals surface area contributed by atoms with Crippen LogP contribution in [-0.4, -0.2) is 53.0 Å². The molecule has 244 valence electrons. The summed E-state index contributed by atoms with van der Waals surface area (Å²) >= 11 is 0. The summed E-state index contributed by atoms with van der Waals surface area (Å²) in [5, 5.41) is 4.18. The molecular formula is C35H46F2N4O3S. The SMILES string of the molecule is C[C@H]1Nc2nc(=O)n(c3ccc(C4CCS(=O)(=O)CC4)cc23)CCCCCCN2CCC(CC2(C)C)C(F)(F)c2cccc1c2. The van der Waals surface area contributed by atoms with Crippen molar-refractivity contribution in [3.05, 3.63) is 69.6 Å². The maximum absolute atomic E-state index is 16.1. The van der Waals surface area contributed by atoms with Crippen LogP contribution >= 0.6 is 0 Å². The summed E-state index contributed by atoms with van der Waals surface area (Å²) in [6.45, 7) is 8.21. The second kappa shape index (κ2) is 12.4. The Morgan fingerprint density at radius 1 is 0.911 bits per heavy atom. The monoisotopic (exact) mass is 640 g/mol. The molecule has 6 aliphatic heterocycles. The number of aryl methyl sites for hydroxylation is 1. The van der Waals surface area contributed by atoms with E-state index < -0.39 is 21.7 Å². The number of rotatable bonds is 1. The standard InChI is InChI=1S/C35H46F2N4O3S/c1-24-26-9-8-10-28(21-26)35(36,37)29-13-18-40(34(2,3)23-29)16-6-4-5-7-17-41-31-12-11-27(25-14-19-45(43,44)20-15-25)22-30(31)32(38-24)39-33(41)42/h8-12,21-22,24-25,29H,4-7,13-20,23H2,1-3H3,(H,38,39,42)/t24-,29?/m1/s1. The Kier molecular flexibility index (Phi) is 8.84.